The van der Waals surface area contributed by atoms with Gasteiger partial charge in [-0.25, -0.2) is 17.1 Å². The minimum Gasteiger partial charge on any atom is -0.497 e. The first kappa shape index (κ1) is 20.7. The van der Waals surface area contributed by atoms with Crippen LogP contribution in [0, 0.1) is 5.82 Å². The summed E-state index contributed by atoms with van der Waals surface area (Å²) in [5.41, 5.74) is 0.000738. The molecule has 2 aromatic carbocycles. The number of halogens is 1. The smallest absolute Gasteiger partial charge is 0.258 e. The average molecular weight is 396 g/mol. The number of nitrogens with one attached hydrogen (secondary N) is 1. The molecule has 0 radical (unpaired) electrons. The van der Waals surface area contributed by atoms with Gasteiger partial charge in [-0.2, -0.15) is 0 Å². The molecule has 7 nitrogen and oxygen atoms in total. The predicted molar refractivity (Wildman–Crippen MR) is 99.4 cm³/mol. The van der Waals surface area contributed by atoms with Gasteiger partial charge in [-0.3, -0.25) is 4.79 Å². The summed E-state index contributed by atoms with van der Waals surface area (Å²) in [4.78, 5) is 12.3. The van der Waals surface area contributed by atoms with Gasteiger partial charge in [0.25, 0.3) is 5.91 Å². The maximum absolute atomic E-state index is 14.1. The third-order valence-electron chi connectivity index (χ3n) is 3.68. The van der Waals surface area contributed by atoms with E-state index in [0.717, 1.165) is 10.4 Å². The van der Waals surface area contributed by atoms with E-state index < -0.39 is 21.7 Å². The van der Waals surface area contributed by atoms with Crippen LogP contribution in [-0.2, 0) is 10.0 Å². The van der Waals surface area contributed by atoms with Gasteiger partial charge in [-0.05, 0) is 37.3 Å². The number of amides is 1. The lowest BCUT2D eigenvalue weighted by Gasteiger charge is -2.16. The van der Waals surface area contributed by atoms with E-state index in [4.69, 9.17) is 9.47 Å². The number of hydrogen-bond donors (Lipinski definition) is 1. The van der Waals surface area contributed by atoms with Crippen LogP contribution in [0.1, 0.15) is 17.3 Å². The zero-order valence-electron chi connectivity index (χ0n) is 15.4. The van der Waals surface area contributed by atoms with E-state index in [1.54, 1.807) is 6.92 Å². The summed E-state index contributed by atoms with van der Waals surface area (Å²) in [7, 11) is 0.370. The quantitative estimate of drug-likeness (QED) is 0.778. The van der Waals surface area contributed by atoms with Crippen LogP contribution in [-0.4, -0.2) is 46.4 Å². The number of rotatable bonds is 7. The standard InChI is InChI=1S/C18H21FN2O5S/c1-5-26-16-9-6-12(10-17(16)27(23,24)21(2)3)20-18(22)14-8-7-13(25-4)11-15(14)19/h6-11H,5H2,1-4H3,(H,20,22). The summed E-state index contributed by atoms with van der Waals surface area (Å²) in [6, 6.07) is 8.04. The Labute approximate surface area is 157 Å². The maximum Gasteiger partial charge on any atom is 0.258 e. The number of sulfonamides is 1. The normalized spacial score (nSPS) is 11.3. The van der Waals surface area contributed by atoms with Gasteiger partial charge in [0.15, 0.2) is 0 Å². The molecule has 0 fully saturated rings. The Hall–Kier alpha value is -2.65. The summed E-state index contributed by atoms with van der Waals surface area (Å²) >= 11 is 0. The van der Waals surface area contributed by atoms with Crippen molar-refractivity contribution in [1.82, 2.24) is 4.31 Å². The lowest BCUT2D eigenvalue weighted by molar-refractivity contribution is 0.102. The molecule has 0 atom stereocenters. The van der Waals surface area contributed by atoms with Gasteiger partial charge in [0.1, 0.15) is 22.2 Å². The average Bonchev–Trinajstić information content (AvgIpc) is 2.62. The monoisotopic (exact) mass is 396 g/mol. The Balaban J connectivity index is 2.38. The molecule has 0 spiro atoms. The molecule has 1 N–H and O–H groups in total. The Bertz CT molecular complexity index is 945. The fourth-order valence-corrected chi connectivity index (χ4v) is 3.31. The topological polar surface area (TPSA) is 84.9 Å². The highest BCUT2D eigenvalue weighted by Gasteiger charge is 2.23. The zero-order valence-corrected chi connectivity index (χ0v) is 16.3. The van der Waals surface area contributed by atoms with Gasteiger partial charge >= 0.3 is 0 Å². The van der Waals surface area contributed by atoms with Gasteiger partial charge in [-0.1, -0.05) is 0 Å². The lowest BCUT2D eigenvalue weighted by Crippen LogP contribution is -2.23. The largest absolute Gasteiger partial charge is 0.497 e. The second kappa shape index (κ2) is 8.36. The van der Waals surface area contributed by atoms with Crippen LogP contribution in [0.25, 0.3) is 0 Å². The van der Waals surface area contributed by atoms with Crippen LogP contribution in [0.3, 0.4) is 0 Å². The molecule has 0 aliphatic heterocycles. The Morgan fingerprint density at radius 1 is 1.19 bits per heavy atom. The summed E-state index contributed by atoms with van der Waals surface area (Å²) in [6.45, 7) is 2.01. The Kier molecular flexibility index (Phi) is 6.40. The van der Waals surface area contributed by atoms with E-state index in [0.29, 0.717) is 0 Å². The van der Waals surface area contributed by atoms with Gasteiger partial charge in [0.2, 0.25) is 10.0 Å². The molecule has 2 aromatic rings. The maximum atomic E-state index is 14.1. The summed E-state index contributed by atoms with van der Waals surface area (Å²) in [5.74, 6) is -1.02. The highest BCUT2D eigenvalue weighted by molar-refractivity contribution is 7.89. The molecule has 146 valence electrons. The molecule has 0 aliphatic carbocycles. The molecule has 0 heterocycles. The van der Waals surface area contributed by atoms with Crippen LogP contribution >= 0.6 is 0 Å². The highest BCUT2D eigenvalue weighted by atomic mass is 32.2. The number of nitrogens with zero attached hydrogens (tertiary/aromatic N) is 1. The molecule has 0 saturated carbocycles. The molecular formula is C18H21FN2O5S. The molecule has 9 heteroatoms. The fourth-order valence-electron chi connectivity index (χ4n) is 2.26. The van der Waals surface area contributed by atoms with Gasteiger partial charge in [-0.15, -0.1) is 0 Å². The molecule has 0 aromatic heterocycles. The number of methoxy groups -OCH3 is 1. The predicted octanol–water partition coefficient (Wildman–Crippen LogP) is 2.74. The molecule has 0 bridgehead atoms. The van der Waals surface area contributed by atoms with Crippen molar-refractivity contribution < 1.29 is 27.1 Å². The van der Waals surface area contributed by atoms with E-state index in [2.05, 4.69) is 5.32 Å². The second-order valence-corrected chi connectivity index (χ2v) is 7.80. The number of carbonyl (C=O) groups is 1. The van der Waals surface area contributed by atoms with Gasteiger partial charge in [0, 0.05) is 25.8 Å². The van der Waals surface area contributed by atoms with Crippen molar-refractivity contribution in [2.75, 3.05) is 33.1 Å². The number of hydrogen-bond acceptors (Lipinski definition) is 5. The van der Waals surface area contributed by atoms with E-state index in [1.165, 1.54) is 51.5 Å². The minimum absolute atomic E-state index is 0.0950. The number of anilines is 1. The highest BCUT2D eigenvalue weighted by Crippen LogP contribution is 2.29. The van der Waals surface area contributed by atoms with Crippen molar-refractivity contribution >= 4 is 21.6 Å². The SMILES string of the molecule is CCOc1ccc(NC(=O)c2ccc(OC)cc2F)cc1S(=O)(=O)N(C)C. The van der Waals surface area contributed by atoms with Crippen LogP contribution in [0.4, 0.5) is 10.1 Å². The second-order valence-electron chi connectivity index (χ2n) is 5.68. The minimum atomic E-state index is -3.80. The summed E-state index contributed by atoms with van der Waals surface area (Å²) < 4.78 is 50.4. The first-order valence-corrected chi connectivity index (χ1v) is 9.49. The third-order valence-corrected chi connectivity index (χ3v) is 5.52. The van der Waals surface area contributed by atoms with E-state index in [1.807, 2.05) is 0 Å². The van der Waals surface area contributed by atoms with Crippen molar-refractivity contribution in [1.29, 1.82) is 0 Å². The van der Waals surface area contributed by atoms with Crippen molar-refractivity contribution in [2.24, 2.45) is 0 Å². The first-order valence-electron chi connectivity index (χ1n) is 8.05. The van der Waals surface area contributed by atoms with Crippen molar-refractivity contribution in [3.05, 3.63) is 47.8 Å². The number of carbonyl (C=O) groups excluding carboxylic acids is 1. The van der Waals surface area contributed by atoms with E-state index in [9.17, 15) is 17.6 Å². The third kappa shape index (κ3) is 4.55. The number of benzene rings is 2. The summed E-state index contributed by atoms with van der Waals surface area (Å²) in [6.07, 6.45) is 0. The van der Waals surface area contributed by atoms with E-state index >= 15 is 0 Å². The Morgan fingerprint density at radius 2 is 1.89 bits per heavy atom. The summed E-state index contributed by atoms with van der Waals surface area (Å²) in [5, 5.41) is 2.50. The van der Waals surface area contributed by atoms with Crippen LogP contribution in [0.5, 0.6) is 11.5 Å². The van der Waals surface area contributed by atoms with Crippen molar-refractivity contribution in [3.8, 4) is 11.5 Å². The van der Waals surface area contributed by atoms with E-state index in [-0.39, 0.29) is 34.3 Å². The Morgan fingerprint density at radius 3 is 2.44 bits per heavy atom. The van der Waals surface area contributed by atoms with Crippen LogP contribution < -0.4 is 14.8 Å². The van der Waals surface area contributed by atoms with Crippen LogP contribution in [0.2, 0.25) is 0 Å². The fraction of sp³-hybridized carbons (Fsp3) is 0.278. The molecular weight excluding hydrogens is 375 g/mol. The van der Waals surface area contributed by atoms with Crippen LogP contribution in [0.15, 0.2) is 41.3 Å². The zero-order chi connectivity index (χ0) is 20.2. The van der Waals surface area contributed by atoms with Gasteiger partial charge < -0.3 is 14.8 Å². The lowest BCUT2D eigenvalue weighted by atomic mass is 10.2. The molecule has 27 heavy (non-hydrogen) atoms. The molecule has 1 amide bonds. The van der Waals surface area contributed by atoms with Crippen molar-refractivity contribution in [3.63, 3.8) is 0 Å². The first-order chi connectivity index (χ1) is 12.7. The van der Waals surface area contributed by atoms with Gasteiger partial charge in [0.05, 0.1) is 19.3 Å². The van der Waals surface area contributed by atoms with Crippen molar-refractivity contribution in [2.45, 2.75) is 11.8 Å². The number of ether oxygens (including phenoxy) is 2. The molecule has 0 unspecified atom stereocenters. The molecule has 0 aliphatic rings. The molecule has 0 saturated heterocycles. The molecule has 2 rings (SSSR count).